The zero-order valence-electron chi connectivity index (χ0n) is 13.8. The van der Waals surface area contributed by atoms with E-state index in [0.717, 1.165) is 13.1 Å². The fourth-order valence-electron chi connectivity index (χ4n) is 3.36. The second-order valence-electron chi connectivity index (χ2n) is 6.53. The van der Waals surface area contributed by atoms with Crippen LogP contribution in [0.3, 0.4) is 0 Å². The molecule has 0 aromatic heterocycles. The lowest BCUT2D eigenvalue weighted by atomic mass is 9.98. The molecule has 0 fully saturated rings. The van der Waals surface area contributed by atoms with Crippen LogP contribution in [0.5, 0.6) is 0 Å². The monoisotopic (exact) mass is 369 g/mol. The Balaban J connectivity index is 1.99. The van der Waals surface area contributed by atoms with Gasteiger partial charge in [0, 0.05) is 24.2 Å². The molecule has 0 unspecified atom stereocenters. The van der Waals surface area contributed by atoms with Crippen molar-refractivity contribution in [3.8, 4) is 0 Å². The highest BCUT2D eigenvalue weighted by atomic mass is 79.9. The lowest BCUT2D eigenvalue weighted by molar-refractivity contribution is 0.676. The quantitative estimate of drug-likeness (QED) is 0.547. The summed E-state index contributed by atoms with van der Waals surface area (Å²) in [6.45, 7) is 8.14. The van der Waals surface area contributed by atoms with Crippen molar-refractivity contribution in [2.24, 2.45) is 0 Å². The van der Waals surface area contributed by atoms with Crippen LogP contribution in [-0.4, -0.2) is 13.1 Å². The van der Waals surface area contributed by atoms with Gasteiger partial charge in [0.05, 0.1) is 0 Å². The number of halogens is 1. The predicted octanol–water partition coefficient (Wildman–Crippen LogP) is 6.45. The minimum atomic E-state index is 0.901. The van der Waals surface area contributed by atoms with E-state index < -0.39 is 0 Å². The third-order valence-electron chi connectivity index (χ3n) is 4.46. The van der Waals surface area contributed by atoms with E-state index in [0.29, 0.717) is 0 Å². The summed E-state index contributed by atoms with van der Waals surface area (Å²) in [7, 11) is 0. The Kier molecular flexibility index (Phi) is 5.22. The van der Waals surface area contributed by atoms with Crippen molar-refractivity contribution >= 4 is 32.4 Å². The van der Waals surface area contributed by atoms with Crippen molar-refractivity contribution in [3.63, 3.8) is 0 Å². The molecule has 2 aromatic rings. The van der Waals surface area contributed by atoms with Crippen LogP contribution in [0.25, 0.3) is 10.8 Å². The van der Waals surface area contributed by atoms with Gasteiger partial charge in [0.15, 0.2) is 0 Å². The molecule has 0 saturated carbocycles. The van der Waals surface area contributed by atoms with Gasteiger partial charge in [-0.15, -0.1) is 0 Å². The molecular weight excluding hydrogens is 346 g/mol. The van der Waals surface area contributed by atoms with Gasteiger partial charge in [0.1, 0.15) is 0 Å². The Hall–Kier alpha value is -1.54. The van der Waals surface area contributed by atoms with Gasteiger partial charge in [-0.2, -0.15) is 0 Å². The highest BCUT2D eigenvalue weighted by Gasteiger charge is 2.16. The summed E-state index contributed by atoms with van der Waals surface area (Å²) in [5, 5.41) is 2.62. The second kappa shape index (κ2) is 7.35. The third kappa shape index (κ3) is 3.87. The molecule has 0 bridgehead atoms. The van der Waals surface area contributed by atoms with Crippen LogP contribution in [0.15, 0.2) is 64.7 Å². The molecule has 2 aromatic carbocycles. The topological polar surface area (TPSA) is 3.24 Å². The van der Waals surface area contributed by atoms with E-state index in [-0.39, 0.29) is 0 Å². The normalized spacial score (nSPS) is 15.0. The lowest BCUT2D eigenvalue weighted by Gasteiger charge is -2.29. The van der Waals surface area contributed by atoms with Gasteiger partial charge in [0.2, 0.25) is 0 Å². The number of fused-ring (bicyclic) bond motifs is 1. The fraction of sp³-hybridized carbons (Fsp3) is 0.333. The van der Waals surface area contributed by atoms with Gasteiger partial charge in [-0.3, -0.25) is 0 Å². The molecule has 0 atom stereocenters. The van der Waals surface area contributed by atoms with Gasteiger partial charge >= 0.3 is 0 Å². The van der Waals surface area contributed by atoms with Gasteiger partial charge in [-0.25, -0.2) is 0 Å². The average molecular weight is 370 g/mol. The predicted molar refractivity (Wildman–Crippen MR) is 105 cm³/mol. The summed E-state index contributed by atoms with van der Waals surface area (Å²) in [6, 6.07) is 15.2. The maximum atomic E-state index is 4.14. The molecule has 0 saturated heterocycles. The Bertz CT molecular complexity index is 739. The number of hydrogen-bond donors (Lipinski definition) is 0. The zero-order chi connectivity index (χ0) is 16.2. The molecule has 0 aliphatic heterocycles. The van der Waals surface area contributed by atoms with Crippen molar-refractivity contribution in [1.82, 2.24) is 0 Å². The van der Waals surface area contributed by atoms with E-state index in [2.05, 4.69) is 76.8 Å². The van der Waals surface area contributed by atoms with E-state index in [9.17, 15) is 0 Å². The molecular formula is C21H24BrN. The molecule has 0 amide bonds. The van der Waals surface area contributed by atoms with Gasteiger partial charge in [-0.05, 0) is 54.1 Å². The molecule has 0 heterocycles. The maximum absolute atomic E-state index is 4.14. The van der Waals surface area contributed by atoms with Crippen molar-refractivity contribution in [3.05, 3.63) is 64.7 Å². The Morgan fingerprint density at radius 3 is 2.61 bits per heavy atom. The smallest absolute Gasteiger partial charge is 0.0451 e. The second-order valence-corrected chi connectivity index (χ2v) is 7.48. The van der Waals surface area contributed by atoms with E-state index in [4.69, 9.17) is 0 Å². The van der Waals surface area contributed by atoms with Crippen LogP contribution >= 0.6 is 15.9 Å². The van der Waals surface area contributed by atoms with Crippen molar-refractivity contribution in [2.75, 3.05) is 18.0 Å². The fourth-order valence-corrected chi connectivity index (χ4v) is 3.97. The molecule has 1 aliphatic rings. The van der Waals surface area contributed by atoms with E-state index >= 15 is 0 Å². The lowest BCUT2D eigenvalue weighted by Crippen LogP contribution is -2.28. The van der Waals surface area contributed by atoms with Crippen LogP contribution < -0.4 is 4.90 Å². The van der Waals surface area contributed by atoms with E-state index in [1.54, 1.807) is 5.57 Å². The highest BCUT2D eigenvalue weighted by molar-refractivity contribution is 9.11. The summed E-state index contributed by atoms with van der Waals surface area (Å²) in [5.41, 5.74) is 4.06. The molecule has 0 spiro atoms. The van der Waals surface area contributed by atoms with Crippen LogP contribution in [0.1, 0.15) is 32.6 Å². The molecule has 0 N–H and O–H groups in total. The van der Waals surface area contributed by atoms with E-state index in [1.165, 1.54) is 52.2 Å². The van der Waals surface area contributed by atoms with Gasteiger partial charge < -0.3 is 4.90 Å². The third-order valence-corrected chi connectivity index (χ3v) is 5.42. The highest BCUT2D eigenvalue weighted by Crippen LogP contribution is 2.33. The molecule has 23 heavy (non-hydrogen) atoms. The maximum Gasteiger partial charge on any atom is 0.0451 e. The van der Waals surface area contributed by atoms with Crippen molar-refractivity contribution in [2.45, 2.75) is 32.6 Å². The largest absolute Gasteiger partial charge is 0.363 e. The summed E-state index contributed by atoms with van der Waals surface area (Å²) >= 11 is 3.80. The van der Waals surface area contributed by atoms with Crippen LogP contribution in [0.2, 0.25) is 0 Å². The summed E-state index contributed by atoms with van der Waals surface area (Å²) in [6.07, 6.45) is 5.00. The summed E-state index contributed by atoms with van der Waals surface area (Å²) in [4.78, 5) is 2.48. The zero-order valence-corrected chi connectivity index (χ0v) is 15.4. The van der Waals surface area contributed by atoms with E-state index in [1.807, 2.05) is 0 Å². The Labute approximate surface area is 147 Å². The first-order valence-electron chi connectivity index (χ1n) is 8.38. The van der Waals surface area contributed by atoms with Crippen LogP contribution in [-0.2, 0) is 0 Å². The molecule has 1 aliphatic carbocycles. The first kappa shape index (κ1) is 16.3. The number of hydrogen-bond acceptors (Lipinski definition) is 1. The van der Waals surface area contributed by atoms with Crippen molar-refractivity contribution < 1.29 is 0 Å². The summed E-state index contributed by atoms with van der Waals surface area (Å²) in [5.74, 6) is 0. The first-order valence-corrected chi connectivity index (χ1v) is 9.18. The van der Waals surface area contributed by atoms with Crippen molar-refractivity contribution in [1.29, 1.82) is 0 Å². The Morgan fingerprint density at radius 1 is 1.09 bits per heavy atom. The number of allylic oxidation sites excluding steroid dienone is 1. The molecule has 0 radical (unpaired) electrons. The Morgan fingerprint density at radius 2 is 1.83 bits per heavy atom. The number of anilines is 1. The van der Waals surface area contributed by atoms with Crippen LogP contribution in [0.4, 0.5) is 5.69 Å². The standard InChI is InChI=1S/C21H24BrN/c1-16(2)14-23(15-18-9-4-6-12-20(18)22)21-13-7-10-17-8-3-5-11-19(17)21/h3,5,7-8,10-11,13H,1,4,6,9,12,14-15H2,2H3. The number of rotatable bonds is 5. The SMILES string of the molecule is C=C(C)CN(CC1=C(Br)CCCC1)c1cccc2ccccc12. The first-order chi connectivity index (χ1) is 11.1. The van der Waals surface area contributed by atoms with Gasteiger partial charge in [0.25, 0.3) is 0 Å². The minimum absolute atomic E-state index is 0.901. The molecule has 120 valence electrons. The number of benzene rings is 2. The average Bonchev–Trinajstić information content (AvgIpc) is 2.55. The van der Waals surface area contributed by atoms with Crippen LogP contribution in [0, 0.1) is 0 Å². The summed E-state index contributed by atoms with van der Waals surface area (Å²) < 4.78 is 1.41. The molecule has 1 nitrogen and oxygen atoms in total. The number of nitrogens with zero attached hydrogens (tertiary/aromatic N) is 1. The minimum Gasteiger partial charge on any atom is -0.363 e. The molecule has 3 rings (SSSR count). The molecule has 2 heteroatoms. The van der Waals surface area contributed by atoms with Gasteiger partial charge in [-0.1, -0.05) is 64.5 Å².